The lowest BCUT2D eigenvalue weighted by Crippen LogP contribution is -2.45. The molecule has 0 saturated heterocycles. The number of rotatable bonds is 2. The van der Waals surface area contributed by atoms with Crippen molar-refractivity contribution in [2.24, 2.45) is 16.7 Å². The van der Waals surface area contributed by atoms with E-state index in [1.165, 1.54) is 42.5 Å². The van der Waals surface area contributed by atoms with E-state index in [4.69, 9.17) is 11.6 Å². The van der Waals surface area contributed by atoms with Crippen LogP contribution >= 0.6 is 22.9 Å². The third-order valence-corrected chi connectivity index (χ3v) is 8.38. The van der Waals surface area contributed by atoms with E-state index >= 15 is 0 Å². The molecule has 20 heavy (non-hydrogen) atoms. The van der Waals surface area contributed by atoms with Gasteiger partial charge in [-0.3, -0.25) is 0 Å². The lowest BCUT2D eigenvalue weighted by Gasteiger charge is -2.40. The molecule has 0 spiro atoms. The summed E-state index contributed by atoms with van der Waals surface area (Å²) in [4.78, 5) is 1.51. The zero-order valence-electron chi connectivity index (χ0n) is 12.6. The molecule has 4 rings (SSSR count). The van der Waals surface area contributed by atoms with Crippen LogP contribution in [0.2, 0.25) is 4.34 Å². The standard InChI is InChI=1S/C17H24ClNS/c1-16(2)10-6-7-17(16,3)14(8-10)19-12-4-5-13-11(12)9-15(18)20-13/h9-10,12,14,19H,4-8H2,1-3H3. The number of nitrogens with one attached hydrogen (secondary N) is 1. The van der Waals surface area contributed by atoms with Crippen molar-refractivity contribution in [2.75, 3.05) is 0 Å². The largest absolute Gasteiger partial charge is 0.307 e. The van der Waals surface area contributed by atoms with E-state index in [0.29, 0.717) is 22.9 Å². The predicted octanol–water partition coefficient (Wildman–Crippen LogP) is 5.19. The van der Waals surface area contributed by atoms with Crippen LogP contribution in [0, 0.1) is 16.7 Å². The molecule has 1 heterocycles. The summed E-state index contributed by atoms with van der Waals surface area (Å²) < 4.78 is 0.959. The molecular formula is C17H24ClNS. The second-order valence-electron chi connectivity index (χ2n) is 7.85. The van der Waals surface area contributed by atoms with Crippen molar-refractivity contribution in [2.45, 2.75) is 65.0 Å². The molecule has 4 atom stereocenters. The van der Waals surface area contributed by atoms with Crippen molar-refractivity contribution in [1.82, 2.24) is 5.32 Å². The summed E-state index contributed by atoms with van der Waals surface area (Å²) in [7, 11) is 0. The van der Waals surface area contributed by atoms with Crippen molar-refractivity contribution in [3.05, 3.63) is 20.8 Å². The fourth-order valence-electron chi connectivity index (χ4n) is 5.20. The number of hydrogen-bond donors (Lipinski definition) is 1. The molecule has 3 aliphatic carbocycles. The number of aryl methyl sites for hydroxylation is 1. The van der Waals surface area contributed by atoms with Gasteiger partial charge in [-0.25, -0.2) is 0 Å². The minimum Gasteiger partial charge on any atom is -0.307 e. The molecule has 3 heteroatoms. The van der Waals surface area contributed by atoms with Gasteiger partial charge < -0.3 is 5.32 Å². The predicted molar refractivity (Wildman–Crippen MR) is 86.5 cm³/mol. The molecule has 0 aromatic carbocycles. The maximum atomic E-state index is 6.19. The monoisotopic (exact) mass is 309 g/mol. The SMILES string of the molecule is CC1(C)C2CCC1(C)C(NC1CCc3sc(Cl)cc31)C2. The second-order valence-corrected chi connectivity index (χ2v) is 9.62. The van der Waals surface area contributed by atoms with E-state index in [0.717, 1.165) is 10.3 Å². The van der Waals surface area contributed by atoms with Gasteiger partial charge in [-0.05, 0) is 60.5 Å². The average molecular weight is 310 g/mol. The first-order valence-electron chi connectivity index (χ1n) is 7.96. The minimum absolute atomic E-state index is 0.472. The van der Waals surface area contributed by atoms with Gasteiger partial charge in [-0.1, -0.05) is 32.4 Å². The Bertz CT molecular complexity index is 549. The van der Waals surface area contributed by atoms with E-state index in [-0.39, 0.29) is 0 Å². The molecular weight excluding hydrogens is 286 g/mol. The Hall–Kier alpha value is -0.0500. The van der Waals surface area contributed by atoms with Crippen molar-refractivity contribution in [3.8, 4) is 0 Å². The molecule has 2 fully saturated rings. The molecule has 3 aliphatic rings. The van der Waals surface area contributed by atoms with E-state index in [2.05, 4.69) is 32.2 Å². The van der Waals surface area contributed by atoms with Crippen LogP contribution in [-0.2, 0) is 6.42 Å². The van der Waals surface area contributed by atoms with Gasteiger partial charge in [0.25, 0.3) is 0 Å². The highest BCUT2D eigenvalue weighted by Gasteiger charge is 2.61. The number of halogens is 1. The molecule has 110 valence electrons. The minimum atomic E-state index is 0.472. The molecule has 1 aromatic heterocycles. The van der Waals surface area contributed by atoms with Gasteiger partial charge in [0.15, 0.2) is 0 Å². The summed E-state index contributed by atoms with van der Waals surface area (Å²) >= 11 is 7.96. The summed E-state index contributed by atoms with van der Waals surface area (Å²) in [5.74, 6) is 0.914. The van der Waals surface area contributed by atoms with Crippen LogP contribution in [0.25, 0.3) is 0 Å². The van der Waals surface area contributed by atoms with Crippen molar-refractivity contribution in [3.63, 3.8) is 0 Å². The first-order valence-corrected chi connectivity index (χ1v) is 9.15. The highest BCUT2D eigenvalue weighted by Crippen LogP contribution is 2.65. The second kappa shape index (κ2) is 4.24. The van der Waals surface area contributed by atoms with E-state index < -0.39 is 0 Å². The molecule has 1 N–H and O–H groups in total. The van der Waals surface area contributed by atoms with Crippen molar-refractivity contribution < 1.29 is 0 Å². The molecule has 0 radical (unpaired) electrons. The summed E-state index contributed by atoms with van der Waals surface area (Å²) in [6.07, 6.45) is 6.66. The van der Waals surface area contributed by atoms with Crippen molar-refractivity contribution >= 4 is 22.9 Å². The molecule has 0 aliphatic heterocycles. The summed E-state index contributed by atoms with van der Waals surface area (Å²) in [6, 6.07) is 3.43. The van der Waals surface area contributed by atoms with Crippen LogP contribution in [0.4, 0.5) is 0 Å². The Morgan fingerprint density at radius 1 is 1.30 bits per heavy atom. The lowest BCUT2D eigenvalue weighted by molar-refractivity contribution is 0.115. The molecule has 1 nitrogen and oxygen atoms in total. The third kappa shape index (κ3) is 1.65. The number of fused-ring (bicyclic) bond motifs is 3. The Labute approximate surface area is 131 Å². The van der Waals surface area contributed by atoms with Gasteiger partial charge in [-0.2, -0.15) is 0 Å². The van der Waals surface area contributed by atoms with Crippen LogP contribution in [0.5, 0.6) is 0 Å². The normalized spacial score (nSPS) is 41.3. The van der Waals surface area contributed by atoms with Gasteiger partial charge in [-0.15, -0.1) is 11.3 Å². The molecule has 4 unspecified atom stereocenters. The smallest absolute Gasteiger partial charge is 0.0934 e. The van der Waals surface area contributed by atoms with Crippen molar-refractivity contribution in [1.29, 1.82) is 0 Å². The van der Waals surface area contributed by atoms with Gasteiger partial charge in [0.2, 0.25) is 0 Å². The molecule has 2 bridgehead atoms. The van der Waals surface area contributed by atoms with Crippen LogP contribution in [0.15, 0.2) is 6.07 Å². The molecule has 0 amide bonds. The maximum Gasteiger partial charge on any atom is 0.0934 e. The van der Waals surface area contributed by atoms with Crippen LogP contribution in [0.1, 0.15) is 62.9 Å². The first-order chi connectivity index (χ1) is 9.42. The summed E-state index contributed by atoms with van der Waals surface area (Å²) in [5, 5.41) is 4.02. The van der Waals surface area contributed by atoms with Gasteiger partial charge in [0.1, 0.15) is 0 Å². The fourth-order valence-corrected chi connectivity index (χ4v) is 6.56. The lowest BCUT2D eigenvalue weighted by atomic mass is 9.69. The fraction of sp³-hybridized carbons (Fsp3) is 0.765. The number of thiophene rings is 1. The summed E-state index contributed by atoms with van der Waals surface area (Å²) in [6.45, 7) is 7.51. The maximum absolute atomic E-state index is 6.19. The van der Waals surface area contributed by atoms with Gasteiger partial charge >= 0.3 is 0 Å². The van der Waals surface area contributed by atoms with E-state index in [1.807, 2.05) is 0 Å². The van der Waals surface area contributed by atoms with Crippen LogP contribution in [-0.4, -0.2) is 6.04 Å². The zero-order valence-corrected chi connectivity index (χ0v) is 14.2. The third-order valence-electron chi connectivity index (χ3n) is 7.04. The molecule has 2 saturated carbocycles. The highest BCUT2D eigenvalue weighted by atomic mass is 35.5. The van der Waals surface area contributed by atoms with Crippen LogP contribution < -0.4 is 5.32 Å². The average Bonchev–Trinajstić information content (AvgIpc) is 3.01. The first kappa shape index (κ1) is 13.6. The van der Waals surface area contributed by atoms with Gasteiger partial charge in [0.05, 0.1) is 4.34 Å². The Balaban J connectivity index is 1.57. The Kier molecular flexibility index (Phi) is 2.88. The zero-order chi connectivity index (χ0) is 14.1. The van der Waals surface area contributed by atoms with E-state index in [9.17, 15) is 0 Å². The quantitative estimate of drug-likeness (QED) is 0.792. The van der Waals surface area contributed by atoms with Crippen LogP contribution in [0.3, 0.4) is 0 Å². The Morgan fingerprint density at radius 3 is 2.75 bits per heavy atom. The Morgan fingerprint density at radius 2 is 2.10 bits per heavy atom. The number of hydrogen-bond acceptors (Lipinski definition) is 2. The topological polar surface area (TPSA) is 12.0 Å². The van der Waals surface area contributed by atoms with E-state index in [1.54, 1.807) is 11.3 Å². The highest BCUT2D eigenvalue weighted by molar-refractivity contribution is 7.16. The molecule has 1 aromatic rings. The van der Waals surface area contributed by atoms with Gasteiger partial charge in [0, 0.05) is 17.0 Å². The summed E-state index contributed by atoms with van der Waals surface area (Å²) in [5.41, 5.74) is 2.46.